The summed E-state index contributed by atoms with van der Waals surface area (Å²) in [4.78, 5) is 30.6. The van der Waals surface area contributed by atoms with Crippen LogP contribution in [-0.4, -0.2) is 22.0 Å². The molecule has 1 aliphatic heterocycles. The van der Waals surface area contributed by atoms with Gasteiger partial charge in [-0.2, -0.15) is 13.2 Å². The number of nitrogens with one attached hydrogen (secondary N) is 1. The maximum Gasteiger partial charge on any atom is 0.416 e. The number of hydrogen-bond acceptors (Lipinski definition) is 7. The van der Waals surface area contributed by atoms with Gasteiger partial charge in [0.25, 0.3) is 11.1 Å². The SMILES string of the molecule is O=C1NC(=O)C(=CC([O-])=Nc2ncc(Cc3cccc(C(F)(F)F)c3)s2)S1. The molecule has 11 heteroatoms. The van der Waals surface area contributed by atoms with Crippen LogP contribution in [0.1, 0.15) is 16.0 Å². The summed E-state index contributed by atoms with van der Waals surface area (Å²) in [5.74, 6) is -1.43. The predicted octanol–water partition coefficient (Wildman–Crippen LogP) is 3.01. The van der Waals surface area contributed by atoms with Crippen molar-refractivity contribution in [2.75, 3.05) is 0 Å². The first-order chi connectivity index (χ1) is 12.7. The summed E-state index contributed by atoms with van der Waals surface area (Å²) in [5.41, 5.74) is -0.288. The normalized spacial score (nSPS) is 16.9. The number of alkyl halides is 3. The van der Waals surface area contributed by atoms with E-state index in [1.807, 2.05) is 5.32 Å². The Balaban J connectivity index is 1.73. The lowest BCUT2D eigenvalue weighted by molar-refractivity contribution is -0.211. The van der Waals surface area contributed by atoms with Crippen LogP contribution in [0, 0.1) is 0 Å². The molecule has 2 amide bonds. The average Bonchev–Trinajstić information content (AvgIpc) is 3.13. The summed E-state index contributed by atoms with van der Waals surface area (Å²) in [6.45, 7) is 0. The second-order valence-corrected chi connectivity index (χ2v) is 7.39. The number of thiazole rings is 1. The van der Waals surface area contributed by atoms with Crippen molar-refractivity contribution < 1.29 is 27.9 Å². The van der Waals surface area contributed by atoms with Gasteiger partial charge in [0, 0.05) is 17.5 Å². The van der Waals surface area contributed by atoms with Crippen molar-refractivity contribution in [1.82, 2.24) is 10.3 Å². The smallest absolute Gasteiger partial charge is 0.416 e. The van der Waals surface area contributed by atoms with Crippen LogP contribution in [-0.2, 0) is 17.4 Å². The fraction of sp³-hybridized carbons (Fsp3) is 0.125. The molecule has 0 aliphatic carbocycles. The molecule has 140 valence electrons. The molecule has 0 spiro atoms. The number of carbonyl (C=O) groups is 2. The van der Waals surface area contributed by atoms with Gasteiger partial charge in [-0.25, -0.2) is 9.98 Å². The van der Waals surface area contributed by atoms with Gasteiger partial charge in [-0.15, -0.1) is 0 Å². The summed E-state index contributed by atoms with van der Waals surface area (Å²) >= 11 is 1.64. The molecule has 3 rings (SSSR count). The van der Waals surface area contributed by atoms with Gasteiger partial charge in [0.15, 0.2) is 0 Å². The van der Waals surface area contributed by atoms with Crippen molar-refractivity contribution in [3.8, 4) is 0 Å². The van der Waals surface area contributed by atoms with E-state index in [9.17, 15) is 27.9 Å². The number of imide groups is 1. The average molecular weight is 412 g/mol. The summed E-state index contributed by atoms with van der Waals surface area (Å²) < 4.78 is 38.3. The molecule has 0 atom stereocenters. The molecule has 1 saturated heterocycles. The first-order valence-electron chi connectivity index (χ1n) is 7.32. The maximum atomic E-state index is 12.8. The lowest BCUT2D eigenvalue weighted by Gasteiger charge is -2.07. The van der Waals surface area contributed by atoms with Gasteiger partial charge in [-0.05, 0) is 35.4 Å². The van der Waals surface area contributed by atoms with E-state index < -0.39 is 28.8 Å². The molecule has 6 nitrogen and oxygen atoms in total. The highest BCUT2D eigenvalue weighted by molar-refractivity contribution is 8.18. The van der Waals surface area contributed by atoms with Gasteiger partial charge in [-0.1, -0.05) is 29.5 Å². The number of hydrogen-bond donors (Lipinski definition) is 1. The van der Waals surface area contributed by atoms with Gasteiger partial charge in [-0.3, -0.25) is 14.9 Å². The van der Waals surface area contributed by atoms with Crippen LogP contribution in [0.5, 0.6) is 0 Å². The minimum Gasteiger partial charge on any atom is -0.859 e. The molecule has 1 N–H and O–H groups in total. The highest BCUT2D eigenvalue weighted by Gasteiger charge is 2.30. The quantitative estimate of drug-likeness (QED) is 0.473. The summed E-state index contributed by atoms with van der Waals surface area (Å²) in [6, 6.07) is 4.93. The Hall–Kier alpha value is -2.66. The molecule has 0 saturated carbocycles. The first kappa shape index (κ1) is 19.1. The Labute approximate surface area is 158 Å². The summed E-state index contributed by atoms with van der Waals surface area (Å²) in [5, 5.41) is 13.4. The third kappa shape index (κ3) is 4.95. The molecule has 0 unspecified atom stereocenters. The first-order valence-corrected chi connectivity index (χ1v) is 8.95. The number of benzene rings is 1. The Kier molecular flexibility index (Phi) is 5.33. The number of carbonyl (C=O) groups excluding carboxylic acids is 2. The van der Waals surface area contributed by atoms with E-state index in [1.54, 1.807) is 6.07 Å². The molecule has 1 fully saturated rings. The molecular weight excluding hydrogens is 403 g/mol. The Morgan fingerprint density at radius 2 is 2.11 bits per heavy atom. The fourth-order valence-corrected chi connectivity index (χ4v) is 3.62. The van der Waals surface area contributed by atoms with E-state index in [0.717, 1.165) is 29.5 Å². The van der Waals surface area contributed by atoms with E-state index in [1.165, 1.54) is 12.3 Å². The van der Waals surface area contributed by atoms with Crippen LogP contribution in [0.15, 0.2) is 46.4 Å². The van der Waals surface area contributed by atoms with E-state index in [4.69, 9.17) is 0 Å². The van der Waals surface area contributed by atoms with E-state index >= 15 is 0 Å². The zero-order chi connectivity index (χ0) is 19.6. The number of thioether (sulfide) groups is 1. The minimum absolute atomic E-state index is 0.0607. The second kappa shape index (κ2) is 7.53. The lowest BCUT2D eigenvalue weighted by atomic mass is 10.1. The van der Waals surface area contributed by atoms with E-state index in [2.05, 4.69) is 9.98 Å². The number of aliphatic imine (C=N–C) groups is 1. The topological polar surface area (TPSA) is 94.5 Å². The van der Waals surface area contributed by atoms with Crippen molar-refractivity contribution in [3.63, 3.8) is 0 Å². The standard InChI is InChI=1S/C16H10F3N3O3S2/c17-16(18,19)9-3-1-2-8(4-9)5-10-7-20-14(26-10)21-12(23)6-11-13(24)22-15(25)27-11/h1-4,6-7H,5H2,(H,20,21,23)(H,22,24,25)/p-1. The van der Waals surface area contributed by atoms with Gasteiger partial charge in [0.2, 0.25) is 5.13 Å². The van der Waals surface area contributed by atoms with Crippen LogP contribution in [0.3, 0.4) is 0 Å². The Morgan fingerprint density at radius 1 is 1.33 bits per heavy atom. The van der Waals surface area contributed by atoms with Gasteiger partial charge < -0.3 is 5.11 Å². The van der Waals surface area contributed by atoms with Crippen LogP contribution < -0.4 is 10.4 Å². The molecule has 0 bridgehead atoms. The maximum absolute atomic E-state index is 12.8. The second-order valence-electron chi connectivity index (χ2n) is 5.29. The minimum atomic E-state index is -4.42. The van der Waals surface area contributed by atoms with Crippen LogP contribution >= 0.6 is 23.1 Å². The third-order valence-corrected chi connectivity index (χ3v) is 4.98. The van der Waals surface area contributed by atoms with Crippen molar-refractivity contribution >= 4 is 45.3 Å². The highest BCUT2D eigenvalue weighted by atomic mass is 32.2. The molecule has 0 radical (unpaired) electrons. The molecule has 2 heterocycles. The molecule has 1 aliphatic rings. The molecule has 2 aromatic rings. The Bertz CT molecular complexity index is 967. The number of nitrogens with zero attached hydrogens (tertiary/aromatic N) is 2. The number of amides is 2. The summed E-state index contributed by atoms with van der Waals surface area (Å²) in [6.07, 6.45) is -1.86. The molecule has 1 aromatic heterocycles. The van der Waals surface area contributed by atoms with Gasteiger partial charge in [0.05, 0.1) is 10.5 Å². The van der Waals surface area contributed by atoms with E-state index in [-0.39, 0.29) is 16.5 Å². The Morgan fingerprint density at radius 3 is 2.78 bits per heavy atom. The molecule has 27 heavy (non-hydrogen) atoms. The van der Waals surface area contributed by atoms with Crippen LogP contribution in [0.2, 0.25) is 0 Å². The zero-order valence-electron chi connectivity index (χ0n) is 13.2. The number of rotatable bonds is 4. The van der Waals surface area contributed by atoms with E-state index in [0.29, 0.717) is 22.2 Å². The van der Waals surface area contributed by atoms with Crippen molar-refractivity contribution in [2.24, 2.45) is 4.99 Å². The molecule has 1 aromatic carbocycles. The number of aromatic nitrogens is 1. The number of halogens is 3. The lowest BCUT2D eigenvalue weighted by Crippen LogP contribution is -2.20. The van der Waals surface area contributed by atoms with Crippen molar-refractivity contribution in [3.05, 3.63) is 57.4 Å². The van der Waals surface area contributed by atoms with Crippen LogP contribution in [0.4, 0.5) is 23.1 Å². The third-order valence-electron chi connectivity index (χ3n) is 3.28. The fourth-order valence-electron chi connectivity index (χ4n) is 2.15. The monoisotopic (exact) mass is 412 g/mol. The zero-order valence-corrected chi connectivity index (χ0v) is 14.9. The van der Waals surface area contributed by atoms with Gasteiger partial charge >= 0.3 is 6.18 Å². The van der Waals surface area contributed by atoms with Crippen LogP contribution in [0.25, 0.3) is 0 Å². The van der Waals surface area contributed by atoms with Crippen molar-refractivity contribution in [1.29, 1.82) is 0 Å². The van der Waals surface area contributed by atoms with Crippen molar-refractivity contribution in [2.45, 2.75) is 12.6 Å². The van der Waals surface area contributed by atoms with Gasteiger partial charge in [0.1, 0.15) is 0 Å². The largest absolute Gasteiger partial charge is 0.859 e. The predicted molar refractivity (Wildman–Crippen MR) is 92.7 cm³/mol. The highest BCUT2D eigenvalue weighted by Crippen LogP contribution is 2.31. The summed E-state index contributed by atoms with van der Waals surface area (Å²) in [7, 11) is 0. The molecular formula is C16H9F3N3O3S2-.